The normalized spacial score (nSPS) is 10.5. The van der Waals surface area contributed by atoms with Gasteiger partial charge in [0.2, 0.25) is 0 Å². The summed E-state index contributed by atoms with van der Waals surface area (Å²) in [6.07, 6.45) is 0.718. The van der Waals surface area contributed by atoms with E-state index in [1.54, 1.807) is 11.3 Å². The lowest BCUT2D eigenvalue weighted by molar-refractivity contribution is 0.252. The molecule has 0 fully saturated rings. The van der Waals surface area contributed by atoms with Gasteiger partial charge in [-0.1, -0.05) is 0 Å². The van der Waals surface area contributed by atoms with Crippen LogP contribution >= 0.6 is 11.3 Å². The van der Waals surface area contributed by atoms with Crippen LogP contribution in [0.5, 0.6) is 0 Å². The second kappa shape index (κ2) is 6.67. The van der Waals surface area contributed by atoms with E-state index >= 15 is 0 Å². The van der Waals surface area contributed by atoms with Crippen molar-refractivity contribution < 1.29 is 13.6 Å². The third-order valence-electron chi connectivity index (χ3n) is 3.25. The summed E-state index contributed by atoms with van der Waals surface area (Å²) in [5.41, 5.74) is 2.40. The fourth-order valence-electron chi connectivity index (χ4n) is 1.88. The van der Waals surface area contributed by atoms with Crippen molar-refractivity contribution in [2.75, 3.05) is 11.9 Å². The maximum atomic E-state index is 13.4. The molecule has 0 unspecified atom stereocenters. The summed E-state index contributed by atoms with van der Waals surface area (Å²) in [7, 11) is 0. The predicted molar refractivity (Wildman–Crippen MR) is 80.9 cm³/mol. The molecule has 1 aromatic heterocycles. The number of thiophene rings is 1. The molecule has 2 N–H and O–H groups in total. The van der Waals surface area contributed by atoms with Gasteiger partial charge in [0.05, 0.1) is 5.69 Å². The molecule has 0 aliphatic heterocycles. The molecule has 0 bridgehead atoms. The fourth-order valence-corrected chi connectivity index (χ4v) is 2.80. The second-order valence-corrected chi connectivity index (χ2v) is 5.78. The minimum Gasteiger partial charge on any atom is -0.338 e. The van der Waals surface area contributed by atoms with Crippen molar-refractivity contribution >= 4 is 23.1 Å². The topological polar surface area (TPSA) is 41.1 Å². The van der Waals surface area contributed by atoms with E-state index in [0.717, 1.165) is 18.6 Å². The molecule has 0 aliphatic carbocycles. The van der Waals surface area contributed by atoms with Crippen LogP contribution in [0.1, 0.15) is 16.0 Å². The van der Waals surface area contributed by atoms with Crippen LogP contribution in [-0.2, 0) is 6.42 Å². The Hall–Kier alpha value is -1.95. The highest BCUT2D eigenvalue weighted by atomic mass is 32.1. The summed E-state index contributed by atoms with van der Waals surface area (Å²) in [6.45, 7) is 4.56. The van der Waals surface area contributed by atoms with Crippen LogP contribution in [-0.4, -0.2) is 12.6 Å². The second-order valence-electron chi connectivity index (χ2n) is 4.70. The highest BCUT2D eigenvalue weighted by Gasteiger charge is 2.08. The summed E-state index contributed by atoms with van der Waals surface area (Å²) in [5.74, 6) is -1.48. The van der Waals surface area contributed by atoms with E-state index in [2.05, 4.69) is 29.9 Å². The molecule has 21 heavy (non-hydrogen) atoms. The Morgan fingerprint density at radius 1 is 1.29 bits per heavy atom. The predicted octanol–water partition coefficient (Wildman–Crippen LogP) is 4.01. The number of amides is 2. The van der Waals surface area contributed by atoms with Gasteiger partial charge in [0.15, 0.2) is 0 Å². The van der Waals surface area contributed by atoms with Gasteiger partial charge in [0.25, 0.3) is 0 Å². The molecule has 0 atom stereocenters. The molecule has 3 nitrogen and oxygen atoms in total. The van der Waals surface area contributed by atoms with Crippen LogP contribution in [0.25, 0.3) is 0 Å². The first kappa shape index (κ1) is 15.4. The molecule has 1 heterocycles. The summed E-state index contributed by atoms with van der Waals surface area (Å²) < 4.78 is 26.1. The van der Waals surface area contributed by atoms with Crippen LogP contribution < -0.4 is 10.6 Å². The summed E-state index contributed by atoms with van der Waals surface area (Å²) >= 11 is 1.68. The molecular weight excluding hydrogens is 294 g/mol. The highest BCUT2D eigenvalue weighted by molar-refractivity contribution is 7.10. The molecule has 2 amide bonds. The zero-order valence-electron chi connectivity index (χ0n) is 11.8. The van der Waals surface area contributed by atoms with Gasteiger partial charge in [-0.25, -0.2) is 13.6 Å². The highest BCUT2D eigenvalue weighted by Crippen LogP contribution is 2.20. The quantitative estimate of drug-likeness (QED) is 0.880. The van der Waals surface area contributed by atoms with E-state index in [0.29, 0.717) is 6.54 Å². The van der Waals surface area contributed by atoms with Crippen molar-refractivity contribution in [2.24, 2.45) is 0 Å². The zero-order chi connectivity index (χ0) is 15.4. The number of halogens is 2. The molecule has 112 valence electrons. The number of anilines is 1. The summed E-state index contributed by atoms with van der Waals surface area (Å²) in [6, 6.07) is 2.50. The van der Waals surface area contributed by atoms with Gasteiger partial charge in [0, 0.05) is 17.5 Å². The monoisotopic (exact) mass is 310 g/mol. The summed E-state index contributed by atoms with van der Waals surface area (Å²) in [4.78, 5) is 12.9. The third kappa shape index (κ3) is 4.01. The van der Waals surface area contributed by atoms with Gasteiger partial charge < -0.3 is 10.6 Å². The van der Waals surface area contributed by atoms with Crippen LogP contribution in [0, 0.1) is 25.5 Å². The van der Waals surface area contributed by atoms with Gasteiger partial charge in [-0.2, -0.15) is 0 Å². The minimum atomic E-state index is -0.797. The molecule has 0 aliphatic rings. The largest absolute Gasteiger partial charge is 0.338 e. The van der Waals surface area contributed by atoms with E-state index < -0.39 is 17.7 Å². The van der Waals surface area contributed by atoms with Crippen molar-refractivity contribution in [1.82, 2.24) is 5.32 Å². The Bertz CT molecular complexity index is 655. The average Bonchev–Trinajstić information content (AvgIpc) is 2.74. The Balaban J connectivity index is 1.84. The van der Waals surface area contributed by atoms with Crippen molar-refractivity contribution in [3.8, 4) is 0 Å². The number of carbonyl (C=O) groups excluding carboxylic acids is 1. The van der Waals surface area contributed by atoms with Crippen LogP contribution in [0.2, 0.25) is 0 Å². The summed E-state index contributed by atoms with van der Waals surface area (Å²) in [5, 5.41) is 7.08. The Morgan fingerprint density at radius 3 is 2.67 bits per heavy atom. The Labute approximate surface area is 126 Å². The number of rotatable bonds is 4. The van der Waals surface area contributed by atoms with E-state index in [1.165, 1.54) is 22.1 Å². The number of urea groups is 1. The number of aryl methyl sites for hydroxylation is 1. The Kier molecular flexibility index (Phi) is 4.90. The van der Waals surface area contributed by atoms with Crippen molar-refractivity contribution in [1.29, 1.82) is 0 Å². The lowest BCUT2D eigenvalue weighted by atomic mass is 10.1. The van der Waals surface area contributed by atoms with Gasteiger partial charge in [-0.05, 0) is 48.9 Å². The average molecular weight is 310 g/mol. The van der Waals surface area contributed by atoms with Gasteiger partial charge in [-0.3, -0.25) is 0 Å². The number of hydrogen-bond donors (Lipinski definition) is 2. The van der Waals surface area contributed by atoms with Crippen LogP contribution in [0.4, 0.5) is 19.3 Å². The molecule has 0 saturated heterocycles. The third-order valence-corrected chi connectivity index (χ3v) is 4.31. The van der Waals surface area contributed by atoms with E-state index in [1.807, 2.05) is 0 Å². The van der Waals surface area contributed by atoms with E-state index in [-0.39, 0.29) is 5.69 Å². The molecular formula is C15H16F2N2OS. The first-order chi connectivity index (χ1) is 9.97. The SMILES string of the molecule is Cc1scc(CCNC(=O)Nc2ccc(F)cc2F)c1C. The minimum absolute atomic E-state index is 0.0449. The maximum Gasteiger partial charge on any atom is 0.319 e. The molecule has 2 aromatic rings. The van der Waals surface area contributed by atoms with E-state index in [9.17, 15) is 13.6 Å². The number of hydrogen-bond acceptors (Lipinski definition) is 2. The number of nitrogens with one attached hydrogen (secondary N) is 2. The standard InChI is InChI=1S/C15H16F2N2OS/c1-9-10(2)21-8-11(9)5-6-18-15(20)19-14-4-3-12(16)7-13(14)17/h3-4,7-8H,5-6H2,1-2H3,(H2,18,19,20). The maximum absolute atomic E-state index is 13.4. The lowest BCUT2D eigenvalue weighted by Crippen LogP contribution is -2.30. The number of benzene rings is 1. The van der Waals surface area contributed by atoms with E-state index in [4.69, 9.17) is 0 Å². The Morgan fingerprint density at radius 2 is 2.05 bits per heavy atom. The number of carbonyl (C=O) groups is 1. The molecule has 6 heteroatoms. The molecule has 2 rings (SSSR count). The van der Waals surface area contributed by atoms with Gasteiger partial charge in [0.1, 0.15) is 11.6 Å². The first-order valence-corrected chi connectivity index (χ1v) is 7.39. The molecule has 0 radical (unpaired) electrons. The molecule has 0 spiro atoms. The fraction of sp³-hybridized carbons (Fsp3) is 0.267. The van der Waals surface area contributed by atoms with Gasteiger partial charge >= 0.3 is 6.03 Å². The lowest BCUT2D eigenvalue weighted by Gasteiger charge is -2.08. The molecule has 0 saturated carbocycles. The first-order valence-electron chi connectivity index (χ1n) is 6.51. The zero-order valence-corrected chi connectivity index (χ0v) is 12.6. The van der Waals surface area contributed by atoms with Gasteiger partial charge in [-0.15, -0.1) is 11.3 Å². The van der Waals surface area contributed by atoms with Crippen LogP contribution in [0.15, 0.2) is 23.6 Å². The smallest absolute Gasteiger partial charge is 0.319 e. The van der Waals surface area contributed by atoms with Crippen molar-refractivity contribution in [3.05, 3.63) is 51.2 Å². The van der Waals surface area contributed by atoms with Crippen molar-refractivity contribution in [3.63, 3.8) is 0 Å². The van der Waals surface area contributed by atoms with Crippen molar-refractivity contribution in [2.45, 2.75) is 20.3 Å². The van der Waals surface area contributed by atoms with Crippen LogP contribution in [0.3, 0.4) is 0 Å². The molecule has 1 aromatic carbocycles.